The van der Waals surface area contributed by atoms with Gasteiger partial charge in [-0.25, -0.2) is 0 Å². The fourth-order valence-corrected chi connectivity index (χ4v) is 4.83. The van der Waals surface area contributed by atoms with Crippen molar-refractivity contribution in [2.75, 3.05) is 19.8 Å². The zero-order valence-corrected chi connectivity index (χ0v) is 27.2. The van der Waals surface area contributed by atoms with Crippen molar-refractivity contribution in [3.63, 3.8) is 0 Å². The lowest BCUT2D eigenvalue weighted by Gasteiger charge is -2.30. The molecule has 2 amide bonds. The summed E-state index contributed by atoms with van der Waals surface area (Å²) < 4.78 is 12.1. The van der Waals surface area contributed by atoms with Crippen LogP contribution in [0.3, 0.4) is 0 Å². The van der Waals surface area contributed by atoms with E-state index in [-0.39, 0.29) is 40.7 Å². The molecule has 7 heteroatoms. The van der Waals surface area contributed by atoms with E-state index in [0.29, 0.717) is 36.1 Å². The Bertz CT molecular complexity index is 1410. The van der Waals surface area contributed by atoms with Gasteiger partial charge in [0.05, 0.1) is 12.2 Å². The largest absolute Gasteiger partial charge is 0.506 e. The molecule has 7 nitrogen and oxygen atoms in total. The van der Waals surface area contributed by atoms with Gasteiger partial charge < -0.3 is 25.2 Å². The molecule has 0 saturated carbocycles. The molecule has 0 aliphatic rings. The first kappa shape index (κ1) is 33.8. The van der Waals surface area contributed by atoms with Crippen LogP contribution >= 0.6 is 0 Å². The van der Waals surface area contributed by atoms with E-state index in [2.05, 4.69) is 70.4 Å². The van der Waals surface area contributed by atoms with Gasteiger partial charge in [-0.05, 0) is 68.1 Å². The maximum atomic E-state index is 13.1. The van der Waals surface area contributed by atoms with Gasteiger partial charge in [0.2, 0.25) is 0 Å². The zero-order valence-electron chi connectivity index (χ0n) is 27.2. The van der Waals surface area contributed by atoms with Gasteiger partial charge in [0.15, 0.2) is 6.61 Å². The molecule has 0 aliphatic carbocycles. The molecule has 0 fully saturated rings. The molecule has 3 N–H and O–H groups in total. The predicted octanol–water partition coefficient (Wildman–Crippen LogP) is 7.41. The predicted molar refractivity (Wildman–Crippen MR) is 175 cm³/mol. The van der Waals surface area contributed by atoms with Crippen LogP contribution in [0.15, 0.2) is 48.5 Å². The maximum absolute atomic E-state index is 13.1. The Morgan fingerprint density at radius 2 is 1.53 bits per heavy atom. The lowest BCUT2D eigenvalue weighted by atomic mass is 9.76. The summed E-state index contributed by atoms with van der Waals surface area (Å²) in [6.45, 7) is 18.0. The highest BCUT2D eigenvalue weighted by Crippen LogP contribution is 2.39. The van der Waals surface area contributed by atoms with E-state index in [4.69, 9.17) is 9.47 Å². The molecule has 0 radical (unpaired) electrons. The highest BCUT2D eigenvalue weighted by atomic mass is 16.5. The van der Waals surface area contributed by atoms with Crippen molar-refractivity contribution < 1.29 is 24.2 Å². The van der Waals surface area contributed by atoms with Crippen molar-refractivity contribution in [3.8, 4) is 17.2 Å². The number of amides is 2. The molecule has 0 unspecified atom stereocenters. The van der Waals surface area contributed by atoms with Crippen molar-refractivity contribution in [2.45, 2.75) is 97.9 Å². The van der Waals surface area contributed by atoms with Gasteiger partial charge >= 0.3 is 0 Å². The van der Waals surface area contributed by atoms with E-state index in [0.717, 1.165) is 25.0 Å². The standard InChI is InChI=1S/C36H50N2O5/c1-9-35(5,6)25-17-18-30(29(21-25)36(7,8)10-2)42-20-14-13-19-37-34(41)28-22-31(43-23-32(39)38-24(3)4)26-15-11-12-16-27(26)33(28)40/h11-12,15-18,21-22,24,40H,9-10,13-14,19-20,23H2,1-8H3,(H,37,41)(H,38,39). The Morgan fingerprint density at radius 1 is 0.860 bits per heavy atom. The molecular weight excluding hydrogens is 540 g/mol. The lowest BCUT2D eigenvalue weighted by molar-refractivity contribution is -0.123. The van der Waals surface area contributed by atoms with Crippen molar-refractivity contribution >= 4 is 22.6 Å². The van der Waals surface area contributed by atoms with Crippen LogP contribution in [0, 0.1) is 0 Å². The number of carbonyl (C=O) groups excluding carboxylic acids is 2. The van der Waals surface area contributed by atoms with Crippen molar-refractivity contribution in [1.82, 2.24) is 10.6 Å². The fourth-order valence-electron chi connectivity index (χ4n) is 4.83. The van der Waals surface area contributed by atoms with Crippen LogP contribution in [0.4, 0.5) is 0 Å². The molecule has 234 valence electrons. The number of hydrogen-bond donors (Lipinski definition) is 3. The quantitative estimate of drug-likeness (QED) is 0.160. The van der Waals surface area contributed by atoms with Gasteiger partial charge in [0.1, 0.15) is 17.2 Å². The van der Waals surface area contributed by atoms with Gasteiger partial charge in [0, 0.05) is 28.9 Å². The highest BCUT2D eigenvalue weighted by molar-refractivity contribution is 6.05. The number of benzene rings is 3. The Hall–Kier alpha value is -3.74. The molecule has 3 aromatic carbocycles. The molecule has 0 bridgehead atoms. The van der Waals surface area contributed by atoms with Gasteiger partial charge in [-0.3, -0.25) is 9.59 Å². The molecule has 0 aliphatic heterocycles. The van der Waals surface area contributed by atoms with Crippen molar-refractivity contribution in [2.24, 2.45) is 0 Å². The van der Waals surface area contributed by atoms with Crippen LogP contribution in [0.5, 0.6) is 17.2 Å². The van der Waals surface area contributed by atoms with Crippen LogP contribution in [0.1, 0.15) is 103 Å². The fraction of sp³-hybridized carbons (Fsp3) is 0.500. The SMILES string of the molecule is CCC(C)(C)c1ccc(OCCCCNC(=O)c2cc(OCC(=O)NC(C)C)c3ccccc3c2O)c(C(C)(C)CC)c1. The van der Waals surface area contributed by atoms with E-state index in [1.165, 1.54) is 17.2 Å². The summed E-state index contributed by atoms with van der Waals surface area (Å²) in [5, 5.41) is 17.7. The molecule has 0 saturated heterocycles. The molecule has 0 spiro atoms. The number of fused-ring (bicyclic) bond motifs is 1. The number of unbranched alkanes of at least 4 members (excludes halogenated alkanes) is 1. The third-order valence-corrected chi connectivity index (χ3v) is 8.40. The smallest absolute Gasteiger partial charge is 0.258 e. The number of phenols is 1. The summed E-state index contributed by atoms with van der Waals surface area (Å²) in [6, 6.07) is 15.2. The van der Waals surface area contributed by atoms with Gasteiger partial charge in [-0.2, -0.15) is 0 Å². The Balaban J connectivity index is 1.62. The summed E-state index contributed by atoms with van der Waals surface area (Å²) in [4.78, 5) is 25.2. The highest BCUT2D eigenvalue weighted by Gasteiger charge is 2.26. The first-order valence-corrected chi connectivity index (χ1v) is 15.5. The molecule has 0 atom stereocenters. The molecular formula is C36H50N2O5. The third-order valence-electron chi connectivity index (χ3n) is 8.40. The van der Waals surface area contributed by atoms with Crippen LogP contribution in [0.25, 0.3) is 10.8 Å². The van der Waals surface area contributed by atoms with Crippen LogP contribution in [0.2, 0.25) is 0 Å². The molecule has 3 rings (SSSR count). The van der Waals surface area contributed by atoms with Crippen LogP contribution in [-0.2, 0) is 15.6 Å². The normalized spacial score (nSPS) is 11.9. The minimum Gasteiger partial charge on any atom is -0.506 e. The van der Waals surface area contributed by atoms with E-state index in [9.17, 15) is 14.7 Å². The second-order valence-corrected chi connectivity index (χ2v) is 12.8. The van der Waals surface area contributed by atoms with Gasteiger partial charge in [-0.15, -0.1) is 0 Å². The Labute approximate surface area is 257 Å². The number of aromatic hydroxyl groups is 1. The number of carbonyl (C=O) groups is 2. The average molecular weight is 591 g/mol. The summed E-state index contributed by atoms with van der Waals surface area (Å²) in [5.74, 6) is 0.511. The topological polar surface area (TPSA) is 96.9 Å². The summed E-state index contributed by atoms with van der Waals surface area (Å²) >= 11 is 0. The number of nitrogens with one attached hydrogen (secondary N) is 2. The summed E-state index contributed by atoms with van der Waals surface area (Å²) in [7, 11) is 0. The average Bonchev–Trinajstić information content (AvgIpc) is 2.98. The van der Waals surface area contributed by atoms with Crippen molar-refractivity contribution in [3.05, 3.63) is 65.2 Å². The number of hydrogen-bond acceptors (Lipinski definition) is 5. The molecule has 0 heterocycles. The first-order valence-electron chi connectivity index (χ1n) is 15.5. The summed E-state index contributed by atoms with van der Waals surface area (Å²) in [5.41, 5.74) is 2.76. The second-order valence-electron chi connectivity index (χ2n) is 12.8. The molecule has 0 aromatic heterocycles. The number of rotatable bonds is 15. The molecule has 3 aromatic rings. The van der Waals surface area contributed by atoms with Gasteiger partial charge in [-0.1, -0.05) is 77.9 Å². The summed E-state index contributed by atoms with van der Waals surface area (Å²) in [6.07, 6.45) is 3.54. The van der Waals surface area contributed by atoms with E-state index in [1.807, 2.05) is 19.9 Å². The maximum Gasteiger partial charge on any atom is 0.258 e. The van der Waals surface area contributed by atoms with Gasteiger partial charge in [0.25, 0.3) is 11.8 Å². The Morgan fingerprint density at radius 3 is 2.19 bits per heavy atom. The van der Waals surface area contributed by atoms with Crippen LogP contribution < -0.4 is 20.1 Å². The van der Waals surface area contributed by atoms with E-state index >= 15 is 0 Å². The second kappa shape index (κ2) is 14.6. The molecule has 43 heavy (non-hydrogen) atoms. The number of phenolic OH excluding ortho intramolecular Hbond substituents is 1. The van der Waals surface area contributed by atoms with Crippen molar-refractivity contribution in [1.29, 1.82) is 0 Å². The minimum atomic E-state index is -0.401. The monoisotopic (exact) mass is 590 g/mol. The minimum absolute atomic E-state index is 0.00814. The number of ether oxygens (including phenoxy) is 2. The first-order chi connectivity index (χ1) is 20.3. The van der Waals surface area contributed by atoms with E-state index in [1.54, 1.807) is 18.2 Å². The zero-order chi connectivity index (χ0) is 31.8. The lowest BCUT2D eigenvalue weighted by Crippen LogP contribution is -2.34. The Kier molecular flexibility index (Phi) is 11.5. The third kappa shape index (κ3) is 8.65. The van der Waals surface area contributed by atoms with E-state index < -0.39 is 5.91 Å². The van der Waals surface area contributed by atoms with Crippen LogP contribution in [-0.4, -0.2) is 42.7 Å².